The lowest BCUT2D eigenvalue weighted by Gasteiger charge is -2.49. The van der Waals surface area contributed by atoms with Crippen molar-refractivity contribution in [3.63, 3.8) is 0 Å². The van der Waals surface area contributed by atoms with Crippen LogP contribution in [0.5, 0.6) is 0 Å². The molecule has 1 saturated carbocycles. The zero-order valence-electron chi connectivity index (χ0n) is 17.9. The van der Waals surface area contributed by atoms with Crippen LogP contribution in [0.3, 0.4) is 0 Å². The average molecular weight is 480 g/mol. The number of carbonyl (C=O) groups is 1. The van der Waals surface area contributed by atoms with Crippen molar-refractivity contribution in [3.8, 4) is 0 Å². The molecule has 0 aromatic heterocycles. The number of hydrogen-bond donors (Lipinski definition) is 1. The summed E-state index contributed by atoms with van der Waals surface area (Å²) in [6.45, 7) is 4.35. The van der Waals surface area contributed by atoms with E-state index in [-0.39, 0.29) is 29.3 Å². The Morgan fingerprint density at radius 2 is 1.74 bits per heavy atom. The number of amides is 1. The smallest absolute Gasteiger partial charge is 0.254 e. The Kier molecular flexibility index (Phi) is 9.24. The van der Waals surface area contributed by atoms with E-state index in [0.717, 1.165) is 44.2 Å². The molecule has 176 valence electrons. The third kappa shape index (κ3) is 6.15. The molecule has 1 saturated heterocycles. The van der Waals surface area contributed by atoms with E-state index in [4.69, 9.17) is 0 Å². The molecule has 6 nitrogen and oxygen atoms in total. The number of rotatable bonds is 7. The highest BCUT2D eigenvalue weighted by molar-refractivity contribution is 7.89. The van der Waals surface area contributed by atoms with E-state index in [1.807, 2.05) is 6.92 Å². The minimum Gasteiger partial charge on any atom is -0.350 e. The Bertz CT molecular complexity index is 855. The van der Waals surface area contributed by atoms with E-state index in [9.17, 15) is 22.0 Å². The summed E-state index contributed by atoms with van der Waals surface area (Å²) in [4.78, 5) is 14.8. The molecule has 0 atom stereocenters. The number of benzene rings is 1. The zero-order chi connectivity index (χ0) is 21.8. The van der Waals surface area contributed by atoms with Gasteiger partial charge in [-0.05, 0) is 31.4 Å². The number of piperazine rings is 1. The second-order valence-corrected chi connectivity index (χ2v) is 10.4. The number of carbonyl (C=O) groups excluding carboxylic acids is 1. The van der Waals surface area contributed by atoms with Gasteiger partial charge in [-0.2, -0.15) is 4.31 Å². The topological polar surface area (TPSA) is 69.7 Å². The molecule has 1 aliphatic heterocycles. The van der Waals surface area contributed by atoms with Gasteiger partial charge in [0.2, 0.25) is 10.0 Å². The first kappa shape index (κ1) is 26.0. The highest BCUT2D eigenvalue weighted by atomic mass is 35.5. The van der Waals surface area contributed by atoms with Gasteiger partial charge in [0.15, 0.2) is 0 Å². The quantitative estimate of drug-likeness (QED) is 0.652. The van der Waals surface area contributed by atoms with Crippen molar-refractivity contribution in [1.29, 1.82) is 0 Å². The lowest BCUT2D eigenvalue weighted by atomic mass is 9.79. The number of halogens is 3. The van der Waals surface area contributed by atoms with Crippen LogP contribution < -0.4 is 5.32 Å². The molecule has 0 radical (unpaired) electrons. The van der Waals surface area contributed by atoms with Gasteiger partial charge in [0.05, 0.1) is 11.3 Å². The third-order valence-electron chi connectivity index (χ3n) is 6.30. The van der Waals surface area contributed by atoms with Gasteiger partial charge in [-0.15, -0.1) is 12.4 Å². The van der Waals surface area contributed by atoms with Crippen LogP contribution in [0.4, 0.5) is 8.78 Å². The van der Waals surface area contributed by atoms with Gasteiger partial charge in [0.25, 0.3) is 5.91 Å². The summed E-state index contributed by atoms with van der Waals surface area (Å²) >= 11 is 0. The van der Waals surface area contributed by atoms with Gasteiger partial charge < -0.3 is 5.32 Å². The first-order valence-corrected chi connectivity index (χ1v) is 12.3. The monoisotopic (exact) mass is 479 g/mol. The van der Waals surface area contributed by atoms with Crippen LogP contribution in [0.25, 0.3) is 0 Å². The number of hydrogen-bond acceptors (Lipinski definition) is 4. The van der Waals surface area contributed by atoms with E-state index < -0.39 is 27.6 Å². The molecular formula is C21H32ClF2N3O3S. The molecule has 1 N–H and O–H groups in total. The van der Waals surface area contributed by atoms with Crippen molar-refractivity contribution in [1.82, 2.24) is 14.5 Å². The summed E-state index contributed by atoms with van der Waals surface area (Å²) in [5, 5.41) is 2.85. The Balaban J connectivity index is 0.00000341. The first-order valence-electron chi connectivity index (χ1n) is 10.7. The number of sulfonamides is 1. The lowest BCUT2D eigenvalue weighted by Crippen LogP contribution is -2.62. The standard InChI is InChI=1S/C21H31F2N3O3S.ClH/c1-2-14-30(28,29)26-12-10-25(11-13-26)21(8-4-3-5-9-21)16-24-20(27)18-7-6-17(22)15-19(18)23;/h6-7,15H,2-5,8-14,16H2,1H3,(H,24,27);1H. The first-order chi connectivity index (χ1) is 14.3. The Labute approximate surface area is 189 Å². The van der Waals surface area contributed by atoms with Gasteiger partial charge in [-0.25, -0.2) is 17.2 Å². The van der Waals surface area contributed by atoms with Crippen LogP contribution >= 0.6 is 12.4 Å². The summed E-state index contributed by atoms with van der Waals surface area (Å²) in [5.74, 6) is -1.98. The van der Waals surface area contributed by atoms with Gasteiger partial charge in [-0.1, -0.05) is 26.2 Å². The van der Waals surface area contributed by atoms with E-state index in [0.29, 0.717) is 45.2 Å². The fourth-order valence-corrected chi connectivity index (χ4v) is 6.15. The molecule has 0 unspecified atom stereocenters. The highest BCUT2D eigenvalue weighted by Crippen LogP contribution is 2.34. The molecule has 1 aromatic carbocycles. The molecule has 31 heavy (non-hydrogen) atoms. The summed E-state index contributed by atoms with van der Waals surface area (Å²) < 4.78 is 53.4. The fraction of sp³-hybridized carbons (Fsp3) is 0.667. The highest BCUT2D eigenvalue weighted by Gasteiger charge is 2.41. The molecule has 1 aliphatic carbocycles. The van der Waals surface area contributed by atoms with Crippen LogP contribution in [0.15, 0.2) is 18.2 Å². The molecule has 1 amide bonds. The molecule has 2 fully saturated rings. The minimum atomic E-state index is -3.21. The normalized spacial score (nSPS) is 20.1. The average Bonchev–Trinajstić information content (AvgIpc) is 2.73. The Morgan fingerprint density at radius 1 is 1.10 bits per heavy atom. The summed E-state index contributed by atoms with van der Waals surface area (Å²) in [6, 6.07) is 2.94. The van der Waals surface area contributed by atoms with Crippen molar-refractivity contribution in [2.75, 3.05) is 38.5 Å². The second-order valence-electron chi connectivity index (χ2n) is 8.29. The van der Waals surface area contributed by atoms with Crippen LogP contribution in [-0.4, -0.2) is 67.5 Å². The Morgan fingerprint density at radius 3 is 2.32 bits per heavy atom. The van der Waals surface area contributed by atoms with E-state index >= 15 is 0 Å². The van der Waals surface area contributed by atoms with Crippen molar-refractivity contribution >= 4 is 28.3 Å². The van der Waals surface area contributed by atoms with Crippen molar-refractivity contribution in [2.45, 2.75) is 51.0 Å². The molecule has 3 rings (SSSR count). The maximum atomic E-state index is 14.0. The van der Waals surface area contributed by atoms with Crippen molar-refractivity contribution in [2.24, 2.45) is 0 Å². The van der Waals surface area contributed by atoms with Gasteiger partial charge in [0.1, 0.15) is 11.6 Å². The molecule has 1 aromatic rings. The van der Waals surface area contributed by atoms with Gasteiger partial charge in [0, 0.05) is 44.3 Å². The molecule has 0 bridgehead atoms. The molecule has 1 heterocycles. The van der Waals surface area contributed by atoms with Crippen LogP contribution in [0.2, 0.25) is 0 Å². The molecule has 0 spiro atoms. The summed E-state index contributed by atoms with van der Waals surface area (Å²) in [7, 11) is -3.21. The van der Waals surface area contributed by atoms with Crippen molar-refractivity contribution < 1.29 is 22.0 Å². The lowest BCUT2D eigenvalue weighted by molar-refractivity contribution is 0.0240. The summed E-state index contributed by atoms with van der Waals surface area (Å²) in [5.41, 5.74) is -0.428. The van der Waals surface area contributed by atoms with E-state index in [1.165, 1.54) is 0 Å². The van der Waals surface area contributed by atoms with Gasteiger partial charge in [-0.3, -0.25) is 9.69 Å². The van der Waals surface area contributed by atoms with Crippen molar-refractivity contribution in [3.05, 3.63) is 35.4 Å². The predicted molar refractivity (Wildman–Crippen MR) is 119 cm³/mol. The number of nitrogens with one attached hydrogen (secondary N) is 1. The van der Waals surface area contributed by atoms with Crippen LogP contribution in [-0.2, 0) is 10.0 Å². The predicted octanol–water partition coefficient (Wildman–Crippen LogP) is 3.18. The SMILES string of the molecule is CCCS(=O)(=O)N1CCN(C2(CNC(=O)c3ccc(F)cc3F)CCCCC2)CC1.Cl. The second kappa shape index (κ2) is 11.0. The number of nitrogens with zero attached hydrogens (tertiary/aromatic N) is 2. The van der Waals surface area contributed by atoms with E-state index in [1.54, 1.807) is 4.31 Å². The zero-order valence-corrected chi connectivity index (χ0v) is 19.5. The summed E-state index contributed by atoms with van der Waals surface area (Å²) in [6.07, 6.45) is 5.61. The fourth-order valence-electron chi connectivity index (χ4n) is 4.66. The minimum absolute atomic E-state index is 0. The maximum absolute atomic E-state index is 14.0. The Hall–Kier alpha value is -1.29. The van der Waals surface area contributed by atoms with Gasteiger partial charge >= 0.3 is 0 Å². The van der Waals surface area contributed by atoms with E-state index in [2.05, 4.69) is 10.2 Å². The molecule has 2 aliphatic rings. The molecular weight excluding hydrogens is 448 g/mol. The largest absolute Gasteiger partial charge is 0.350 e. The van der Waals surface area contributed by atoms with Crippen LogP contribution in [0, 0.1) is 11.6 Å². The third-order valence-corrected chi connectivity index (χ3v) is 8.38. The maximum Gasteiger partial charge on any atom is 0.254 e. The molecule has 10 heteroatoms. The van der Waals surface area contributed by atoms with Crippen LogP contribution in [0.1, 0.15) is 55.8 Å².